The Labute approximate surface area is 85.7 Å². The molecular formula is C10H11BrN2. The predicted molar refractivity (Wildman–Crippen MR) is 57.9 cm³/mol. The molecule has 0 fully saturated rings. The number of aryl methyl sites for hydroxylation is 3. The zero-order chi connectivity index (χ0) is 9.59. The van der Waals surface area contributed by atoms with E-state index in [9.17, 15) is 0 Å². The number of halogens is 1. The Balaban J connectivity index is 2.94. The molecular weight excluding hydrogens is 228 g/mol. The molecule has 0 atom stereocenters. The standard InChI is InChI=1S/C10H11BrN2/c1-6-4-8-5-9(11)13(3)10(8)7(2)12-6/h4-5H,1-3H3. The monoisotopic (exact) mass is 238 g/mol. The van der Waals surface area contributed by atoms with Gasteiger partial charge in [-0.1, -0.05) is 0 Å². The number of nitrogens with zero attached hydrogens (tertiary/aromatic N) is 2. The summed E-state index contributed by atoms with van der Waals surface area (Å²) in [5, 5.41) is 1.25. The van der Waals surface area contributed by atoms with Gasteiger partial charge < -0.3 is 4.57 Å². The van der Waals surface area contributed by atoms with Crippen LogP contribution in [0.3, 0.4) is 0 Å². The molecule has 2 nitrogen and oxygen atoms in total. The van der Waals surface area contributed by atoms with E-state index in [-0.39, 0.29) is 0 Å². The largest absolute Gasteiger partial charge is 0.337 e. The van der Waals surface area contributed by atoms with Crippen molar-refractivity contribution in [2.24, 2.45) is 7.05 Å². The van der Waals surface area contributed by atoms with Crippen molar-refractivity contribution in [2.45, 2.75) is 13.8 Å². The first-order valence-electron chi connectivity index (χ1n) is 4.19. The van der Waals surface area contributed by atoms with Gasteiger partial charge in [0.25, 0.3) is 0 Å². The highest BCUT2D eigenvalue weighted by Crippen LogP contribution is 2.24. The molecule has 68 valence electrons. The topological polar surface area (TPSA) is 17.8 Å². The van der Waals surface area contributed by atoms with E-state index < -0.39 is 0 Å². The van der Waals surface area contributed by atoms with Crippen LogP contribution in [0.1, 0.15) is 11.4 Å². The number of fused-ring (bicyclic) bond motifs is 1. The van der Waals surface area contributed by atoms with Gasteiger partial charge in [-0.3, -0.25) is 4.98 Å². The predicted octanol–water partition coefficient (Wildman–Crippen LogP) is 2.95. The van der Waals surface area contributed by atoms with Crippen LogP contribution in [0.25, 0.3) is 10.9 Å². The van der Waals surface area contributed by atoms with Gasteiger partial charge in [0.1, 0.15) is 0 Å². The summed E-state index contributed by atoms with van der Waals surface area (Å²) in [6, 6.07) is 4.23. The van der Waals surface area contributed by atoms with Crippen LogP contribution in [-0.4, -0.2) is 9.55 Å². The van der Waals surface area contributed by atoms with Crippen molar-refractivity contribution in [2.75, 3.05) is 0 Å². The molecule has 0 aliphatic rings. The van der Waals surface area contributed by atoms with E-state index in [1.807, 2.05) is 20.9 Å². The zero-order valence-electron chi connectivity index (χ0n) is 7.93. The summed E-state index contributed by atoms with van der Waals surface area (Å²) in [5.41, 5.74) is 3.36. The summed E-state index contributed by atoms with van der Waals surface area (Å²) in [4.78, 5) is 4.43. The van der Waals surface area contributed by atoms with Gasteiger partial charge in [0.2, 0.25) is 0 Å². The highest BCUT2D eigenvalue weighted by Gasteiger charge is 2.06. The van der Waals surface area contributed by atoms with Crippen molar-refractivity contribution >= 4 is 26.8 Å². The van der Waals surface area contributed by atoms with E-state index in [1.54, 1.807) is 0 Å². The molecule has 13 heavy (non-hydrogen) atoms. The third-order valence-electron chi connectivity index (χ3n) is 2.26. The maximum absolute atomic E-state index is 4.43. The number of hydrogen-bond acceptors (Lipinski definition) is 1. The van der Waals surface area contributed by atoms with Gasteiger partial charge in [0.15, 0.2) is 0 Å². The molecule has 0 amide bonds. The normalized spacial score (nSPS) is 11.1. The van der Waals surface area contributed by atoms with Crippen LogP contribution in [0.2, 0.25) is 0 Å². The molecule has 0 spiro atoms. The molecule has 0 bridgehead atoms. The van der Waals surface area contributed by atoms with Gasteiger partial charge in [-0.05, 0) is 41.9 Å². The summed E-state index contributed by atoms with van der Waals surface area (Å²) < 4.78 is 3.20. The summed E-state index contributed by atoms with van der Waals surface area (Å²) >= 11 is 3.50. The van der Waals surface area contributed by atoms with Crippen LogP contribution < -0.4 is 0 Å². The van der Waals surface area contributed by atoms with Crippen LogP contribution in [0.5, 0.6) is 0 Å². The Morgan fingerprint density at radius 2 is 2.00 bits per heavy atom. The maximum atomic E-state index is 4.43. The Bertz CT molecular complexity index is 471. The number of aromatic nitrogens is 2. The fourth-order valence-electron chi connectivity index (χ4n) is 1.73. The fraction of sp³-hybridized carbons (Fsp3) is 0.300. The molecule has 2 aromatic heterocycles. The summed E-state index contributed by atoms with van der Waals surface area (Å²) in [6.45, 7) is 4.06. The Kier molecular flexibility index (Phi) is 1.91. The molecule has 2 rings (SSSR count). The summed E-state index contributed by atoms with van der Waals surface area (Å²) in [5.74, 6) is 0. The highest BCUT2D eigenvalue weighted by molar-refractivity contribution is 9.10. The van der Waals surface area contributed by atoms with Gasteiger partial charge in [-0.25, -0.2) is 0 Å². The molecule has 0 saturated carbocycles. The average molecular weight is 239 g/mol. The Morgan fingerprint density at radius 3 is 2.69 bits per heavy atom. The lowest BCUT2D eigenvalue weighted by Crippen LogP contribution is -1.93. The van der Waals surface area contributed by atoms with Crippen LogP contribution in [0.15, 0.2) is 16.7 Å². The van der Waals surface area contributed by atoms with Gasteiger partial charge >= 0.3 is 0 Å². The second-order valence-electron chi connectivity index (χ2n) is 3.31. The average Bonchev–Trinajstić information content (AvgIpc) is 2.27. The van der Waals surface area contributed by atoms with Gasteiger partial charge in [0.05, 0.1) is 15.8 Å². The van der Waals surface area contributed by atoms with Crippen molar-refractivity contribution < 1.29 is 0 Å². The van der Waals surface area contributed by atoms with Crippen molar-refractivity contribution in [1.82, 2.24) is 9.55 Å². The van der Waals surface area contributed by atoms with E-state index in [0.717, 1.165) is 16.0 Å². The van der Waals surface area contributed by atoms with Gasteiger partial charge in [-0.2, -0.15) is 0 Å². The third-order valence-corrected chi connectivity index (χ3v) is 3.02. The highest BCUT2D eigenvalue weighted by atomic mass is 79.9. The zero-order valence-corrected chi connectivity index (χ0v) is 9.51. The molecule has 0 aliphatic carbocycles. The number of rotatable bonds is 0. The second kappa shape index (κ2) is 2.84. The van der Waals surface area contributed by atoms with Crippen molar-refractivity contribution in [1.29, 1.82) is 0 Å². The Hall–Kier alpha value is -0.830. The summed E-state index contributed by atoms with van der Waals surface area (Å²) in [6.07, 6.45) is 0. The molecule has 3 heteroatoms. The molecule has 2 aromatic rings. The van der Waals surface area contributed by atoms with Crippen LogP contribution in [0, 0.1) is 13.8 Å². The van der Waals surface area contributed by atoms with Gasteiger partial charge in [0, 0.05) is 18.1 Å². The molecule has 2 heterocycles. The van der Waals surface area contributed by atoms with Crippen LogP contribution >= 0.6 is 15.9 Å². The third kappa shape index (κ3) is 1.27. The molecule has 0 aromatic carbocycles. The van der Waals surface area contributed by atoms with E-state index in [0.29, 0.717) is 0 Å². The molecule has 0 aliphatic heterocycles. The number of hydrogen-bond donors (Lipinski definition) is 0. The maximum Gasteiger partial charge on any atom is 0.0855 e. The van der Waals surface area contributed by atoms with Crippen LogP contribution in [0.4, 0.5) is 0 Å². The lowest BCUT2D eigenvalue weighted by Gasteiger charge is -2.02. The molecule has 0 radical (unpaired) electrons. The van der Waals surface area contributed by atoms with E-state index in [2.05, 4.69) is 37.6 Å². The van der Waals surface area contributed by atoms with Gasteiger partial charge in [-0.15, -0.1) is 0 Å². The minimum Gasteiger partial charge on any atom is -0.337 e. The first-order chi connectivity index (χ1) is 6.09. The first kappa shape index (κ1) is 8.75. The lowest BCUT2D eigenvalue weighted by atomic mass is 10.2. The molecule has 0 N–H and O–H groups in total. The number of pyridine rings is 1. The molecule has 0 saturated heterocycles. The minimum atomic E-state index is 1.07. The fourth-order valence-corrected chi connectivity index (χ4v) is 2.15. The first-order valence-corrected chi connectivity index (χ1v) is 4.98. The Morgan fingerprint density at radius 1 is 1.31 bits per heavy atom. The van der Waals surface area contributed by atoms with E-state index in [4.69, 9.17) is 0 Å². The second-order valence-corrected chi connectivity index (χ2v) is 4.13. The van der Waals surface area contributed by atoms with E-state index >= 15 is 0 Å². The van der Waals surface area contributed by atoms with Crippen molar-refractivity contribution in [3.05, 3.63) is 28.1 Å². The van der Waals surface area contributed by atoms with Crippen molar-refractivity contribution in [3.8, 4) is 0 Å². The molecule has 0 unspecified atom stereocenters. The van der Waals surface area contributed by atoms with Crippen LogP contribution in [-0.2, 0) is 7.05 Å². The smallest absolute Gasteiger partial charge is 0.0855 e. The summed E-state index contributed by atoms with van der Waals surface area (Å²) in [7, 11) is 2.04. The quantitative estimate of drug-likeness (QED) is 0.691. The SMILES string of the molecule is Cc1cc2cc(Br)n(C)c2c(C)n1. The lowest BCUT2D eigenvalue weighted by molar-refractivity contribution is 0.928. The minimum absolute atomic E-state index is 1.07. The van der Waals surface area contributed by atoms with E-state index in [1.165, 1.54) is 10.9 Å². The van der Waals surface area contributed by atoms with Crippen molar-refractivity contribution in [3.63, 3.8) is 0 Å².